The minimum atomic E-state index is -0.756. The van der Waals surface area contributed by atoms with Crippen LogP contribution in [-0.4, -0.2) is 90.5 Å². The van der Waals surface area contributed by atoms with Gasteiger partial charge in [-0.3, -0.25) is 14.7 Å². The van der Waals surface area contributed by atoms with E-state index in [2.05, 4.69) is 27.4 Å². The van der Waals surface area contributed by atoms with Crippen molar-refractivity contribution in [1.82, 2.24) is 25.3 Å². The molecule has 0 aromatic rings. The number of likely N-dealkylation sites (tertiary alicyclic amines) is 2. The van der Waals surface area contributed by atoms with Crippen LogP contribution in [0.5, 0.6) is 0 Å². The van der Waals surface area contributed by atoms with E-state index in [1.54, 1.807) is 6.92 Å². The molecule has 2 N–H and O–H groups in total. The van der Waals surface area contributed by atoms with Crippen LogP contribution in [0, 0.1) is 5.92 Å². The Morgan fingerprint density at radius 1 is 1.20 bits per heavy atom. The Bertz CT molecular complexity index is 633. The van der Waals surface area contributed by atoms with Crippen molar-refractivity contribution in [1.29, 1.82) is 0 Å². The van der Waals surface area contributed by atoms with E-state index in [4.69, 9.17) is 4.99 Å². The predicted molar refractivity (Wildman–Crippen MR) is 120 cm³/mol. The second kappa shape index (κ2) is 10.5. The molecule has 3 heterocycles. The molecule has 3 saturated heterocycles. The van der Waals surface area contributed by atoms with Gasteiger partial charge >= 0.3 is 6.03 Å². The fourth-order valence-corrected chi connectivity index (χ4v) is 4.71. The quantitative estimate of drug-likeness (QED) is 0.271. The van der Waals surface area contributed by atoms with Crippen molar-refractivity contribution in [3.8, 4) is 0 Å². The first-order valence-corrected chi connectivity index (χ1v) is 11.9. The molecule has 0 saturated carbocycles. The summed E-state index contributed by atoms with van der Waals surface area (Å²) < 4.78 is 0. The van der Waals surface area contributed by atoms with E-state index >= 15 is 0 Å². The van der Waals surface area contributed by atoms with Gasteiger partial charge in [-0.25, -0.2) is 4.79 Å². The third-order valence-electron chi connectivity index (χ3n) is 6.74. The van der Waals surface area contributed by atoms with Crippen LogP contribution in [0.2, 0.25) is 0 Å². The highest BCUT2D eigenvalue weighted by Crippen LogP contribution is 2.21. The van der Waals surface area contributed by atoms with Gasteiger partial charge in [-0.05, 0) is 65.0 Å². The van der Waals surface area contributed by atoms with Gasteiger partial charge in [-0.2, -0.15) is 0 Å². The Morgan fingerprint density at radius 3 is 2.63 bits per heavy atom. The summed E-state index contributed by atoms with van der Waals surface area (Å²) >= 11 is 0. The van der Waals surface area contributed by atoms with Gasteiger partial charge in [0, 0.05) is 39.3 Å². The van der Waals surface area contributed by atoms with Crippen LogP contribution < -0.4 is 10.6 Å². The maximum absolute atomic E-state index is 12.5. The molecule has 170 valence electrons. The van der Waals surface area contributed by atoms with Crippen LogP contribution in [0.15, 0.2) is 4.99 Å². The van der Waals surface area contributed by atoms with Gasteiger partial charge in [0.15, 0.2) is 5.96 Å². The van der Waals surface area contributed by atoms with Gasteiger partial charge in [-0.1, -0.05) is 13.3 Å². The molecule has 3 aliphatic heterocycles. The summed E-state index contributed by atoms with van der Waals surface area (Å²) in [4.78, 5) is 35.8. The fraction of sp³-hybridized carbons (Fsp3) is 0.864. The number of nitrogens with one attached hydrogen (secondary N) is 2. The Labute approximate surface area is 181 Å². The Kier molecular flexibility index (Phi) is 7.97. The van der Waals surface area contributed by atoms with Gasteiger partial charge in [0.05, 0.1) is 0 Å². The first kappa shape index (κ1) is 22.8. The van der Waals surface area contributed by atoms with Crippen molar-refractivity contribution in [3.63, 3.8) is 0 Å². The summed E-state index contributed by atoms with van der Waals surface area (Å²) in [7, 11) is 0. The number of urea groups is 1. The highest BCUT2D eigenvalue weighted by atomic mass is 16.2. The van der Waals surface area contributed by atoms with Crippen LogP contribution in [0.4, 0.5) is 4.79 Å². The van der Waals surface area contributed by atoms with E-state index in [1.165, 1.54) is 50.2 Å². The van der Waals surface area contributed by atoms with Crippen molar-refractivity contribution >= 4 is 17.9 Å². The molecule has 3 aliphatic rings. The Hall–Kier alpha value is -1.83. The number of amides is 3. The van der Waals surface area contributed by atoms with E-state index in [-0.39, 0.29) is 11.9 Å². The van der Waals surface area contributed by atoms with E-state index in [1.807, 2.05) is 6.92 Å². The van der Waals surface area contributed by atoms with Crippen LogP contribution in [0.25, 0.3) is 0 Å². The lowest BCUT2D eigenvalue weighted by molar-refractivity contribution is -0.130. The van der Waals surface area contributed by atoms with Crippen molar-refractivity contribution in [2.75, 3.05) is 52.4 Å². The number of nitrogens with zero attached hydrogens (tertiary/aromatic N) is 4. The molecule has 0 aromatic carbocycles. The molecule has 2 atom stereocenters. The third kappa shape index (κ3) is 5.45. The fourth-order valence-electron chi connectivity index (χ4n) is 4.71. The van der Waals surface area contributed by atoms with Crippen LogP contribution in [-0.2, 0) is 4.79 Å². The minimum Gasteiger partial charge on any atom is -0.357 e. The molecule has 0 radical (unpaired) electrons. The van der Waals surface area contributed by atoms with Crippen LogP contribution >= 0.6 is 0 Å². The SMILES string of the molecule is CCNC(=NCCCN1C(=O)NC(C)(CC)C1=O)N1CCC(CN2CCCCC2)C1. The molecule has 8 nitrogen and oxygen atoms in total. The average molecular weight is 421 g/mol. The number of imide groups is 1. The zero-order chi connectivity index (χ0) is 21.6. The summed E-state index contributed by atoms with van der Waals surface area (Å²) in [5.41, 5.74) is -0.756. The molecule has 3 amide bonds. The number of rotatable bonds is 8. The standard InChI is InChI=1S/C22H40N6O2/c1-4-22(3)19(29)28(21(30)25-22)14-9-11-24-20(23-5-2)27-15-10-18(17-27)16-26-12-7-6-8-13-26/h18H,4-17H2,1-3H3,(H,23,24)(H,25,30). The van der Waals surface area contributed by atoms with Gasteiger partial charge < -0.3 is 20.4 Å². The monoisotopic (exact) mass is 420 g/mol. The molecule has 0 aliphatic carbocycles. The molecule has 8 heteroatoms. The number of piperidine rings is 1. The normalized spacial score (nSPS) is 28.4. The first-order valence-electron chi connectivity index (χ1n) is 11.9. The van der Waals surface area contributed by atoms with Gasteiger partial charge in [0.25, 0.3) is 5.91 Å². The summed E-state index contributed by atoms with van der Waals surface area (Å²) in [6.45, 7) is 13.5. The van der Waals surface area contributed by atoms with Crippen molar-refractivity contribution < 1.29 is 9.59 Å². The number of hydrogen-bond acceptors (Lipinski definition) is 4. The van der Waals surface area contributed by atoms with Gasteiger partial charge in [-0.15, -0.1) is 0 Å². The highest BCUT2D eigenvalue weighted by molar-refractivity contribution is 6.06. The third-order valence-corrected chi connectivity index (χ3v) is 6.74. The van der Waals surface area contributed by atoms with Gasteiger partial charge in [0.1, 0.15) is 5.54 Å². The summed E-state index contributed by atoms with van der Waals surface area (Å²) in [5, 5.41) is 6.23. The topological polar surface area (TPSA) is 80.3 Å². The Morgan fingerprint density at radius 2 is 1.97 bits per heavy atom. The smallest absolute Gasteiger partial charge is 0.325 e. The predicted octanol–water partition coefficient (Wildman–Crippen LogP) is 1.87. The van der Waals surface area contributed by atoms with Crippen LogP contribution in [0.3, 0.4) is 0 Å². The highest BCUT2D eigenvalue weighted by Gasteiger charge is 2.45. The van der Waals surface area contributed by atoms with Gasteiger partial charge in [0.2, 0.25) is 0 Å². The number of hydrogen-bond donors (Lipinski definition) is 2. The molecule has 0 spiro atoms. The second-order valence-electron chi connectivity index (χ2n) is 9.12. The van der Waals surface area contributed by atoms with Crippen LogP contribution in [0.1, 0.15) is 59.3 Å². The van der Waals surface area contributed by atoms with Crippen molar-refractivity contribution in [2.24, 2.45) is 10.9 Å². The summed E-state index contributed by atoms with van der Waals surface area (Å²) in [5.74, 6) is 1.56. The molecular formula is C22H40N6O2. The zero-order valence-electron chi connectivity index (χ0n) is 19.1. The number of carbonyl (C=O) groups excluding carboxylic acids is 2. The molecule has 2 unspecified atom stereocenters. The second-order valence-corrected chi connectivity index (χ2v) is 9.12. The maximum Gasteiger partial charge on any atom is 0.325 e. The van der Waals surface area contributed by atoms with Crippen molar-refractivity contribution in [2.45, 2.75) is 64.8 Å². The summed E-state index contributed by atoms with van der Waals surface area (Å²) in [6, 6.07) is -0.277. The molecular weight excluding hydrogens is 380 g/mol. The lowest BCUT2D eigenvalue weighted by Gasteiger charge is -2.29. The molecule has 0 aromatic heterocycles. The number of guanidine groups is 1. The van der Waals surface area contributed by atoms with Crippen molar-refractivity contribution in [3.05, 3.63) is 0 Å². The Balaban J connectivity index is 1.46. The lowest BCUT2D eigenvalue weighted by atomic mass is 9.99. The first-order chi connectivity index (χ1) is 14.5. The summed E-state index contributed by atoms with van der Waals surface area (Å²) in [6.07, 6.45) is 6.57. The zero-order valence-corrected chi connectivity index (χ0v) is 19.1. The minimum absolute atomic E-state index is 0.119. The lowest BCUT2D eigenvalue weighted by Crippen LogP contribution is -2.43. The number of carbonyl (C=O) groups is 2. The molecule has 30 heavy (non-hydrogen) atoms. The maximum atomic E-state index is 12.5. The number of aliphatic imine (C=N–C) groups is 1. The molecule has 3 fully saturated rings. The average Bonchev–Trinajstić information content (AvgIpc) is 3.29. The van der Waals surface area contributed by atoms with E-state index < -0.39 is 5.54 Å². The van der Waals surface area contributed by atoms with E-state index in [9.17, 15) is 9.59 Å². The van der Waals surface area contributed by atoms with E-state index in [0.29, 0.717) is 31.8 Å². The molecule has 0 bridgehead atoms. The van der Waals surface area contributed by atoms with E-state index in [0.717, 1.165) is 25.6 Å². The largest absolute Gasteiger partial charge is 0.357 e. The molecule has 3 rings (SSSR count).